The number of hydrogen-bond donors (Lipinski definition) is 1. The molecule has 1 saturated heterocycles. The third kappa shape index (κ3) is 3.44. The van der Waals surface area contributed by atoms with Crippen LogP contribution < -0.4 is 5.32 Å². The number of amides is 1. The molecular formula is C14H28N2O. The van der Waals surface area contributed by atoms with Gasteiger partial charge < -0.3 is 4.90 Å². The third-order valence-corrected chi connectivity index (χ3v) is 3.87. The average Bonchev–Trinajstić information content (AvgIpc) is 2.47. The first-order valence-corrected chi connectivity index (χ1v) is 6.99. The van der Waals surface area contributed by atoms with Gasteiger partial charge in [-0.25, -0.2) is 0 Å². The molecule has 0 saturated carbocycles. The fourth-order valence-electron chi connectivity index (χ4n) is 2.48. The minimum atomic E-state index is -0.336. The predicted octanol–water partition coefficient (Wildman–Crippen LogP) is 2.76. The maximum atomic E-state index is 12.3. The molecule has 0 aromatic heterocycles. The van der Waals surface area contributed by atoms with Crippen molar-refractivity contribution < 1.29 is 4.79 Å². The van der Waals surface area contributed by atoms with Crippen molar-refractivity contribution in [3.63, 3.8) is 0 Å². The molecule has 0 radical (unpaired) electrons. The molecule has 17 heavy (non-hydrogen) atoms. The Bertz CT molecular complexity index is 265. The van der Waals surface area contributed by atoms with Crippen LogP contribution in [0.5, 0.6) is 0 Å². The molecule has 1 N–H and O–H groups in total. The van der Waals surface area contributed by atoms with Gasteiger partial charge in [0.05, 0.1) is 11.7 Å². The molecule has 1 aliphatic rings. The SMILES string of the molecule is CCC1(C)NC(C)N(CCCCC(C)C)C1=O. The minimum absolute atomic E-state index is 0.187. The van der Waals surface area contributed by atoms with Gasteiger partial charge in [0.25, 0.3) is 0 Å². The molecule has 100 valence electrons. The van der Waals surface area contributed by atoms with Gasteiger partial charge in [-0.05, 0) is 32.6 Å². The van der Waals surface area contributed by atoms with Crippen molar-refractivity contribution in [1.82, 2.24) is 10.2 Å². The minimum Gasteiger partial charge on any atom is -0.326 e. The quantitative estimate of drug-likeness (QED) is 0.724. The van der Waals surface area contributed by atoms with Crippen molar-refractivity contribution in [1.29, 1.82) is 0 Å². The number of unbranched alkanes of at least 4 members (excludes halogenated alkanes) is 1. The summed E-state index contributed by atoms with van der Waals surface area (Å²) in [5, 5.41) is 3.41. The summed E-state index contributed by atoms with van der Waals surface area (Å²) in [6.45, 7) is 11.6. The topological polar surface area (TPSA) is 32.3 Å². The molecule has 0 aromatic rings. The second kappa shape index (κ2) is 5.85. The average molecular weight is 240 g/mol. The molecule has 0 aromatic carbocycles. The summed E-state index contributed by atoms with van der Waals surface area (Å²) < 4.78 is 0. The molecule has 1 rings (SSSR count). The molecule has 1 fully saturated rings. The zero-order valence-electron chi connectivity index (χ0n) is 12.0. The Hall–Kier alpha value is -0.570. The predicted molar refractivity (Wildman–Crippen MR) is 71.7 cm³/mol. The molecule has 0 bridgehead atoms. The van der Waals surface area contributed by atoms with Crippen molar-refractivity contribution in [2.24, 2.45) is 5.92 Å². The Balaban J connectivity index is 2.41. The molecule has 0 spiro atoms. The fourth-order valence-corrected chi connectivity index (χ4v) is 2.48. The smallest absolute Gasteiger partial charge is 0.243 e. The molecule has 1 aliphatic heterocycles. The number of nitrogens with one attached hydrogen (secondary N) is 1. The van der Waals surface area contributed by atoms with E-state index in [0.29, 0.717) is 0 Å². The Morgan fingerprint density at radius 3 is 2.53 bits per heavy atom. The van der Waals surface area contributed by atoms with E-state index in [2.05, 4.69) is 33.0 Å². The lowest BCUT2D eigenvalue weighted by Crippen LogP contribution is -2.43. The zero-order chi connectivity index (χ0) is 13.1. The van der Waals surface area contributed by atoms with Gasteiger partial charge in [-0.15, -0.1) is 0 Å². The van der Waals surface area contributed by atoms with Crippen LogP contribution in [0.4, 0.5) is 0 Å². The molecule has 3 nitrogen and oxygen atoms in total. The van der Waals surface area contributed by atoms with E-state index < -0.39 is 0 Å². The number of nitrogens with zero attached hydrogens (tertiary/aromatic N) is 1. The number of carbonyl (C=O) groups is 1. The maximum absolute atomic E-state index is 12.3. The lowest BCUT2D eigenvalue weighted by molar-refractivity contribution is -0.132. The van der Waals surface area contributed by atoms with Gasteiger partial charge in [0.1, 0.15) is 0 Å². The van der Waals surface area contributed by atoms with Gasteiger partial charge >= 0.3 is 0 Å². The van der Waals surface area contributed by atoms with E-state index >= 15 is 0 Å². The highest BCUT2D eigenvalue weighted by molar-refractivity contribution is 5.88. The second-order valence-corrected chi connectivity index (χ2v) is 5.89. The van der Waals surface area contributed by atoms with E-state index in [1.54, 1.807) is 0 Å². The molecular weight excluding hydrogens is 212 g/mol. The normalized spacial score (nSPS) is 29.4. The summed E-state index contributed by atoms with van der Waals surface area (Å²) in [6.07, 6.45) is 4.65. The summed E-state index contributed by atoms with van der Waals surface area (Å²) in [7, 11) is 0. The van der Waals surface area contributed by atoms with Gasteiger partial charge in [0.15, 0.2) is 0 Å². The summed E-state index contributed by atoms with van der Waals surface area (Å²) in [4.78, 5) is 14.3. The van der Waals surface area contributed by atoms with E-state index in [9.17, 15) is 4.79 Å². The Morgan fingerprint density at radius 1 is 1.41 bits per heavy atom. The van der Waals surface area contributed by atoms with Crippen LogP contribution in [0.25, 0.3) is 0 Å². The lowest BCUT2D eigenvalue weighted by atomic mass is 9.99. The molecule has 2 atom stereocenters. The Kier molecular flexibility index (Phi) is 4.99. The first-order valence-electron chi connectivity index (χ1n) is 6.99. The highest BCUT2D eigenvalue weighted by Gasteiger charge is 2.44. The largest absolute Gasteiger partial charge is 0.326 e. The summed E-state index contributed by atoms with van der Waals surface area (Å²) in [6, 6.07) is 0. The summed E-state index contributed by atoms with van der Waals surface area (Å²) >= 11 is 0. The van der Waals surface area contributed by atoms with Gasteiger partial charge in [-0.3, -0.25) is 10.1 Å². The molecule has 3 heteroatoms. The molecule has 0 aliphatic carbocycles. The number of hydrogen-bond acceptors (Lipinski definition) is 2. The van der Waals surface area contributed by atoms with Crippen molar-refractivity contribution in [3.05, 3.63) is 0 Å². The van der Waals surface area contributed by atoms with Crippen molar-refractivity contribution in [2.75, 3.05) is 6.54 Å². The van der Waals surface area contributed by atoms with Crippen LogP contribution in [-0.4, -0.2) is 29.1 Å². The van der Waals surface area contributed by atoms with E-state index in [1.807, 2.05) is 11.8 Å². The summed E-state index contributed by atoms with van der Waals surface area (Å²) in [5.41, 5.74) is -0.336. The van der Waals surface area contributed by atoms with Crippen LogP contribution in [0, 0.1) is 5.92 Å². The van der Waals surface area contributed by atoms with Crippen LogP contribution >= 0.6 is 0 Å². The fraction of sp³-hybridized carbons (Fsp3) is 0.929. The standard InChI is InChI=1S/C14H28N2O/c1-6-14(5)13(17)16(12(4)15-14)10-8-7-9-11(2)3/h11-12,15H,6-10H2,1-5H3. The van der Waals surface area contributed by atoms with Gasteiger partial charge in [-0.1, -0.05) is 33.6 Å². The Labute approximate surface area is 106 Å². The van der Waals surface area contributed by atoms with E-state index in [0.717, 1.165) is 25.3 Å². The van der Waals surface area contributed by atoms with Gasteiger partial charge in [0.2, 0.25) is 5.91 Å². The van der Waals surface area contributed by atoms with Crippen molar-refractivity contribution in [2.45, 2.75) is 72.0 Å². The molecule has 1 heterocycles. The molecule has 1 amide bonds. The second-order valence-electron chi connectivity index (χ2n) is 5.89. The highest BCUT2D eigenvalue weighted by Crippen LogP contribution is 2.23. The lowest BCUT2D eigenvalue weighted by Gasteiger charge is -2.21. The number of carbonyl (C=O) groups excluding carboxylic acids is 1. The maximum Gasteiger partial charge on any atom is 0.243 e. The first-order chi connectivity index (χ1) is 7.90. The molecule has 2 unspecified atom stereocenters. The van der Waals surface area contributed by atoms with Crippen LogP contribution in [0.15, 0.2) is 0 Å². The van der Waals surface area contributed by atoms with E-state index in [4.69, 9.17) is 0 Å². The van der Waals surface area contributed by atoms with Crippen LogP contribution in [0.3, 0.4) is 0 Å². The monoisotopic (exact) mass is 240 g/mol. The Morgan fingerprint density at radius 2 is 2.06 bits per heavy atom. The van der Waals surface area contributed by atoms with Crippen LogP contribution in [0.2, 0.25) is 0 Å². The first kappa shape index (κ1) is 14.5. The van der Waals surface area contributed by atoms with Crippen LogP contribution in [-0.2, 0) is 4.79 Å². The van der Waals surface area contributed by atoms with Crippen molar-refractivity contribution >= 4 is 5.91 Å². The zero-order valence-corrected chi connectivity index (χ0v) is 12.0. The van der Waals surface area contributed by atoms with E-state index in [1.165, 1.54) is 12.8 Å². The van der Waals surface area contributed by atoms with Crippen molar-refractivity contribution in [3.8, 4) is 0 Å². The van der Waals surface area contributed by atoms with Gasteiger partial charge in [-0.2, -0.15) is 0 Å². The van der Waals surface area contributed by atoms with E-state index in [-0.39, 0.29) is 17.6 Å². The third-order valence-electron chi connectivity index (χ3n) is 3.87. The highest BCUT2D eigenvalue weighted by atomic mass is 16.2. The van der Waals surface area contributed by atoms with Gasteiger partial charge in [0, 0.05) is 6.54 Å². The number of rotatable bonds is 6. The van der Waals surface area contributed by atoms with Crippen LogP contribution in [0.1, 0.15) is 60.3 Å². The summed E-state index contributed by atoms with van der Waals surface area (Å²) in [5.74, 6) is 1.04.